The zero-order chi connectivity index (χ0) is 13.3. The Morgan fingerprint density at radius 1 is 0.947 bits per heavy atom. The van der Waals surface area contributed by atoms with Gasteiger partial charge in [0.25, 0.3) is 0 Å². The molecule has 0 heterocycles. The number of hydrogen-bond acceptors (Lipinski definition) is 2. The number of oxime groups is 1. The smallest absolute Gasteiger partial charge is 0.135 e. The van der Waals surface area contributed by atoms with Crippen LogP contribution in [0.2, 0.25) is 0 Å². The van der Waals surface area contributed by atoms with Crippen LogP contribution in [0.5, 0.6) is 0 Å². The molecule has 2 aromatic rings. The number of rotatable bonds is 5. The van der Waals surface area contributed by atoms with Crippen LogP contribution in [0.3, 0.4) is 0 Å². The Hall–Kier alpha value is -2.42. The Labute approximate surface area is 111 Å². The third kappa shape index (κ3) is 4.76. The fourth-order valence-electron chi connectivity index (χ4n) is 1.48. The second-order valence-corrected chi connectivity index (χ2v) is 3.89. The molecule has 0 fully saturated rings. The molecule has 0 N–H and O–H groups in total. The molecule has 0 spiro atoms. The predicted octanol–water partition coefficient (Wildman–Crippen LogP) is 3.89. The quantitative estimate of drug-likeness (QED) is 0.451. The van der Waals surface area contributed by atoms with E-state index in [1.807, 2.05) is 42.5 Å². The zero-order valence-electron chi connectivity index (χ0n) is 10.4. The molecule has 0 atom stereocenters. The predicted molar refractivity (Wildman–Crippen MR) is 75.4 cm³/mol. The lowest BCUT2D eigenvalue weighted by Gasteiger charge is -1.94. The lowest BCUT2D eigenvalue weighted by molar-refractivity contribution is 0.177. The van der Waals surface area contributed by atoms with E-state index in [1.54, 1.807) is 18.3 Å². The second-order valence-electron chi connectivity index (χ2n) is 3.89. The molecule has 0 aliphatic rings. The van der Waals surface area contributed by atoms with Crippen LogP contribution in [0.25, 0.3) is 6.08 Å². The minimum absolute atomic E-state index is 0.235. The summed E-state index contributed by atoms with van der Waals surface area (Å²) in [5, 5.41) is 3.85. The minimum atomic E-state index is -0.235. The van der Waals surface area contributed by atoms with Crippen molar-refractivity contribution in [3.63, 3.8) is 0 Å². The fraction of sp³-hybridized carbons (Fsp3) is 0.0625. The van der Waals surface area contributed by atoms with Crippen LogP contribution in [-0.2, 0) is 4.84 Å². The maximum absolute atomic E-state index is 12.7. The van der Waals surface area contributed by atoms with Gasteiger partial charge in [-0.3, -0.25) is 0 Å². The van der Waals surface area contributed by atoms with Crippen molar-refractivity contribution < 1.29 is 9.23 Å². The first-order valence-corrected chi connectivity index (χ1v) is 5.97. The highest BCUT2D eigenvalue weighted by Crippen LogP contribution is 2.04. The summed E-state index contributed by atoms with van der Waals surface area (Å²) >= 11 is 0. The summed E-state index contributed by atoms with van der Waals surface area (Å²) in [5.41, 5.74) is 1.92. The lowest BCUT2D eigenvalue weighted by atomic mass is 10.2. The molecular formula is C16H14FNO. The highest BCUT2D eigenvalue weighted by molar-refractivity contribution is 5.78. The number of hydrogen-bond donors (Lipinski definition) is 0. The third-order valence-electron chi connectivity index (χ3n) is 2.43. The van der Waals surface area contributed by atoms with E-state index in [0.29, 0.717) is 6.61 Å². The first kappa shape index (κ1) is 13.0. The van der Waals surface area contributed by atoms with Crippen molar-refractivity contribution in [2.24, 2.45) is 5.16 Å². The molecule has 0 amide bonds. The van der Waals surface area contributed by atoms with Gasteiger partial charge in [0.15, 0.2) is 0 Å². The molecule has 2 rings (SSSR count). The minimum Gasteiger partial charge on any atom is -0.392 e. The molecule has 0 aromatic heterocycles. The lowest BCUT2D eigenvalue weighted by Crippen LogP contribution is -1.85. The zero-order valence-corrected chi connectivity index (χ0v) is 10.4. The van der Waals surface area contributed by atoms with Crippen molar-refractivity contribution in [1.29, 1.82) is 0 Å². The van der Waals surface area contributed by atoms with Crippen molar-refractivity contribution in [1.82, 2.24) is 0 Å². The maximum atomic E-state index is 12.7. The van der Waals surface area contributed by atoms with Gasteiger partial charge in [-0.05, 0) is 29.3 Å². The number of benzene rings is 2. The van der Waals surface area contributed by atoms with Crippen LogP contribution < -0.4 is 0 Å². The van der Waals surface area contributed by atoms with Gasteiger partial charge in [-0.15, -0.1) is 0 Å². The summed E-state index contributed by atoms with van der Waals surface area (Å²) < 4.78 is 12.7. The standard InChI is InChI=1S/C16H14FNO/c17-16-10-8-14(9-11-16)7-4-12-19-18-13-15-5-2-1-3-6-15/h1-11,13H,12H2/b7-4+,18-13+. The van der Waals surface area contributed by atoms with Crippen LogP contribution in [0.4, 0.5) is 4.39 Å². The van der Waals surface area contributed by atoms with E-state index < -0.39 is 0 Å². The average Bonchev–Trinajstić information content (AvgIpc) is 2.46. The molecule has 0 saturated carbocycles. The number of nitrogens with zero attached hydrogens (tertiary/aromatic N) is 1. The molecule has 2 nitrogen and oxygen atoms in total. The Balaban J connectivity index is 1.75. The molecule has 19 heavy (non-hydrogen) atoms. The van der Waals surface area contributed by atoms with Crippen LogP contribution in [-0.4, -0.2) is 12.8 Å². The van der Waals surface area contributed by atoms with Crippen LogP contribution in [0.1, 0.15) is 11.1 Å². The highest BCUT2D eigenvalue weighted by Gasteiger charge is 1.88. The second kappa shape index (κ2) is 7.11. The van der Waals surface area contributed by atoms with Crippen molar-refractivity contribution in [2.45, 2.75) is 0 Å². The van der Waals surface area contributed by atoms with Gasteiger partial charge in [-0.25, -0.2) is 4.39 Å². The van der Waals surface area contributed by atoms with Crippen LogP contribution >= 0.6 is 0 Å². The monoisotopic (exact) mass is 255 g/mol. The van der Waals surface area contributed by atoms with Gasteiger partial charge in [0.1, 0.15) is 12.4 Å². The molecule has 0 aliphatic heterocycles. The first-order chi connectivity index (χ1) is 9.34. The molecule has 0 aliphatic carbocycles. The fourth-order valence-corrected chi connectivity index (χ4v) is 1.48. The molecular weight excluding hydrogens is 241 g/mol. The maximum Gasteiger partial charge on any atom is 0.135 e. The van der Waals surface area contributed by atoms with Crippen LogP contribution in [0.15, 0.2) is 65.8 Å². The van der Waals surface area contributed by atoms with E-state index >= 15 is 0 Å². The van der Waals surface area contributed by atoms with E-state index in [4.69, 9.17) is 4.84 Å². The summed E-state index contributed by atoms with van der Waals surface area (Å²) in [5.74, 6) is -0.235. The Morgan fingerprint density at radius 3 is 2.42 bits per heavy atom. The summed E-state index contributed by atoms with van der Waals surface area (Å²) in [6.07, 6.45) is 5.35. The van der Waals surface area contributed by atoms with Crippen molar-refractivity contribution >= 4 is 12.3 Å². The van der Waals surface area contributed by atoms with Crippen LogP contribution in [0, 0.1) is 5.82 Å². The van der Waals surface area contributed by atoms with Gasteiger partial charge >= 0.3 is 0 Å². The van der Waals surface area contributed by atoms with Gasteiger partial charge in [0.05, 0.1) is 6.21 Å². The molecule has 3 heteroatoms. The van der Waals surface area contributed by atoms with E-state index in [9.17, 15) is 4.39 Å². The van der Waals surface area contributed by atoms with E-state index in [0.717, 1.165) is 11.1 Å². The molecule has 2 aromatic carbocycles. The Bertz CT molecular complexity index is 547. The van der Waals surface area contributed by atoms with Crippen molar-refractivity contribution in [3.05, 3.63) is 77.6 Å². The largest absolute Gasteiger partial charge is 0.392 e. The molecule has 0 saturated heterocycles. The van der Waals surface area contributed by atoms with Crippen molar-refractivity contribution in [3.8, 4) is 0 Å². The van der Waals surface area contributed by atoms with Gasteiger partial charge < -0.3 is 4.84 Å². The van der Waals surface area contributed by atoms with Gasteiger partial charge in [-0.1, -0.05) is 53.7 Å². The van der Waals surface area contributed by atoms with E-state index in [2.05, 4.69) is 5.16 Å². The topological polar surface area (TPSA) is 21.6 Å². The highest BCUT2D eigenvalue weighted by atomic mass is 19.1. The van der Waals surface area contributed by atoms with Gasteiger partial charge in [0, 0.05) is 0 Å². The Morgan fingerprint density at radius 2 is 1.68 bits per heavy atom. The van der Waals surface area contributed by atoms with Gasteiger partial charge in [0.2, 0.25) is 0 Å². The molecule has 0 bridgehead atoms. The molecule has 0 unspecified atom stereocenters. The molecule has 0 radical (unpaired) electrons. The first-order valence-electron chi connectivity index (χ1n) is 5.97. The SMILES string of the molecule is Fc1ccc(/C=C/CO/N=C/c2ccccc2)cc1. The van der Waals surface area contributed by atoms with E-state index in [1.165, 1.54) is 12.1 Å². The third-order valence-corrected chi connectivity index (χ3v) is 2.43. The summed E-state index contributed by atoms with van der Waals surface area (Å²) in [4.78, 5) is 5.09. The summed E-state index contributed by atoms with van der Waals surface area (Å²) in [6, 6.07) is 16.0. The summed E-state index contributed by atoms with van der Waals surface area (Å²) in [7, 11) is 0. The summed E-state index contributed by atoms with van der Waals surface area (Å²) in [6.45, 7) is 0.376. The van der Waals surface area contributed by atoms with Gasteiger partial charge in [-0.2, -0.15) is 0 Å². The molecule has 96 valence electrons. The van der Waals surface area contributed by atoms with Crippen molar-refractivity contribution in [2.75, 3.05) is 6.61 Å². The number of halogens is 1. The average molecular weight is 255 g/mol. The Kier molecular flexibility index (Phi) is 4.87. The normalized spacial score (nSPS) is 11.2. The van der Waals surface area contributed by atoms with E-state index in [-0.39, 0.29) is 5.82 Å².